The van der Waals surface area contributed by atoms with Gasteiger partial charge in [-0.1, -0.05) is 78.9 Å². The molecule has 4 N–H and O–H groups in total. The first-order chi connectivity index (χ1) is 27.4. The summed E-state index contributed by atoms with van der Waals surface area (Å²) >= 11 is 0. The number of aromatic nitrogens is 4. The molecule has 56 heavy (non-hydrogen) atoms. The van der Waals surface area contributed by atoms with Gasteiger partial charge in [-0.25, -0.2) is 9.97 Å². The third-order valence-electron chi connectivity index (χ3n) is 11.3. The largest absolute Gasteiger partial charge is 0.344 e. The summed E-state index contributed by atoms with van der Waals surface area (Å²) in [6.45, 7) is 1.24. The zero-order valence-electron chi connectivity index (χ0n) is 31.6. The van der Waals surface area contributed by atoms with Crippen LogP contribution in [0.25, 0.3) is 6.08 Å². The van der Waals surface area contributed by atoms with Crippen LogP contribution in [0.15, 0.2) is 91.3 Å². The molecule has 4 fully saturated rings. The Morgan fingerprint density at radius 2 is 1.20 bits per heavy atom. The second-order valence-electron chi connectivity index (χ2n) is 15.5. The molecule has 4 aromatic rings. The summed E-state index contributed by atoms with van der Waals surface area (Å²) in [7, 11) is 0. The van der Waals surface area contributed by atoms with Crippen LogP contribution in [0.3, 0.4) is 0 Å². The van der Waals surface area contributed by atoms with E-state index in [9.17, 15) is 19.2 Å². The summed E-state index contributed by atoms with van der Waals surface area (Å²) in [6.07, 6.45) is 20.1. The minimum atomic E-state index is -0.719. The number of rotatable bonds is 15. The molecular formula is C44H50N8O4. The van der Waals surface area contributed by atoms with Crippen molar-refractivity contribution in [2.24, 2.45) is 11.8 Å². The van der Waals surface area contributed by atoms with Crippen molar-refractivity contribution in [3.05, 3.63) is 125 Å². The zero-order valence-corrected chi connectivity index (χ0v) is 31.6. The SMILES string of the molecule is O=C(N[C@H](C(=O)N1CCC[C@@H]1c1ncc(C=CC=CCCc2cnc([C@H]3CCCN3C(=O)[C@@H](NC(=O)C3CC3)c3ccccc3)[nH]2)[nH]1)c1ccccc1)C1CC1. The van der Waals surface area contributed by atoms with E-state index in [1.807, 2.05) is 94.9 Å². The van der Waals surface area contributed by atoms with Crippen molar-refractivity contribution in [2.45, 2.75) is 88.4 Å². The maximum atomic E-state index is 13.9. The van der Waals surface area contributed by atoms with Crippen molar-refractivity contribution in [1.82, 2.24) is 40.4 Å². The number of hydrogen-bond donors (Lipinski definition) is 4. The van der Waals surface area contributed by atoms with Gasteiger partial charge in [-0.2, -0.15) is 0 Å². The van der Waals surface area contributed by atoms with Crippen LogP contribution in [-0.4, -0.2) is 66.5 Å². The molecule has 4 heterocycles. The molecule has 2 aliphatic carbocycles. The van der Waals surface area contributed by atoms with Gasteiger partial charge in [-0.15, -0.1) is 0 Å². The Labute approximate surface area is 327 Å². The topological polar surface area (TPSA) is 156 Å². The van der Waals surface area contributed by atoms with Crippen LogP contribution < -0.4 is 10.6 Å². The van der Waals surface area contributed by atoms with Crippen molar-refractivity contribution < 1.29 is 19.2 Å². The smallest absolute Gasteiger partial charge is 0.250 e. The molecule has 290 valence electrons. The first-order valence-electron chi connectivity index (χ1n) is 20.2. The number of aryl methyl sites for hydroxylation is 1. The number of nitrogens with zero attached hydrogens (tertiary/aromatic N) is 4. The highest BCUT2D eigenvalue weighted by Gasteiger charge is 2.40. The normalized spacial score (nSPS) is 20.8. The van der Waals surface area contributed by atoms with Crippen LogP contribution in [-0.2, 0) is 25.6 Å². The Hall–Kier alpha value is -5.78. The third kappa shape index (κ3) is 8.69. The summed E-state index contributed by atoms with van der Waals surface area (Å²) in [4.78, 5) is 73.3. The maximum absolute atomic E-state index is 13.9. The van der Waals surface area contributed by atoms with Gasteiger partial charge in [0.2, 0.25) is 23.6 Å². The van der Waals surface area contributed by atoms with Crippen LogP contribution in [0, 0.1) is 11.8 Å². The standard InChI is InChI=1S/C44H50N8O4/c53-41(31-21-22-31)49-37(29-13-5-3-6-14-29)43(55)51-25-11-19-35(51)39-45-27-33(47-39)17-9-1-2-10-18-34-28-46-40(48-34)36-20-12-26-52(36)44(56)38(30-15-7-4-8-16-30)50-42(54)32-23-24-32/h1-9,13-17,27-28,31-32,35-38H,10-12,18-26H2,(H,45,47)(H,46,48)(H,49,53)(H,50,54)/t35-,36-,37+,38+/m1/s1. The number of imidazole rings is 2. The van der Waals surface area contributed by atoms with Gasteiger partial charge in [0.1, 0.15) is 23.7 Å². The summed E-state index contributed by atoms with van der Waals surface area (Å²) in [5, 5.41) is 6.07. The number of H-pyrrole nitrogens is 2. The molecule has 4 amide bonds. The van der Waals surface area contributed by atoms with Crippen molar-refractivity contribution in [3.63, 3.8) is 0 Å². The van der Waals surface area contributed by atoms with Gasteiger partial charge < -0.3 is 30.4 Å². The van der Waals surface area contributed by atoms with E-state index in [1.54, 1.807) is 6.20 Å². The maximum Gasteiger partial charge on any atom is 0.250 e. The molecule has 8 rings (SSSR count). The lowest BCUT2D eigenvalue weighted by molar-refractivity contribution is -0.138. The highest BCUT2D eigenvalue weighted by Crippen LogP contribution is 2.36. The molecule has 4 atom stereocenters. The average Bonchev–Trinajstić information content (AvgIpc) is 4.00. The van der Waals surface area contributed by atoms with Crippen molar-refractivity contribution in [3.8, 4) is 0 Å². The van der Waals surface area contributed by atoms with E-state index in [0.29, 0.717) is 13.1 Å². The second kappa shape index (κ2) is 16.9. The van der Waals surface area contributed by atoms with Crippen LogP contribution >= 0.6 is 0 Å². The summed E-state index contributed by atoms with van der Waals surface area (Å²) < 4.78 is 0. The third-order valence-corrected chi connectivity index (χ3v) is 11.3. The highest BCUT2D eigenvalue weighted by atomic mass is 16.2. The Balaban J connectivity index is 0.842. The van der Waals surface area contributed by atoms with Gasteiger partial charge in [-0.05, 0) is 81.4 Å². The number of aromatic amines is 2. The Morgan fingerprint density at radius 3 is 1.73 bits per heavy atom. The number of allylic oxidation sites excluding steroid dienone is 3. The lowest BCUT2D eigenvalue weighted by Gasteiger charge is -2.28. The Morgan fingerprint density at radius 1 is 0.679 bits per heavy atom. The molecule has 0 spiro atoms. The highest BCUT2D eigenvalue weighted by molar-refractivity contribution is 5.91. The summed E-state index contributed by atoms with van der Waals surface area (Å²) in [5.41, 5.74) is 3.43. The van der Waals surface area contributed by atoms with Crippen molar-refractivity contribution in [1.29, 1.82) is 0 Å². The lowest BCUT2D eigenvalue weighted by Crippen LogP contribution is -2.43. The number of carbonyl (C=O) groups excluding carboxylic acids is 4. The minimum absolute atomic E-state index is 0.00915. The zero-order chi connectivity index (χ0) is 38.4. The average molecular weight is 755 g/mol. The Bertz CT molecular complexity index is 2070. The van der Waals surface area contributed by atoms with E-state index in [-0.39, 0.29) is 47.5 Å². The van der Waals surface area contributed by atoms with Crippen LogP contribution in [0.2, 0.25) is 0 Å². The van der Waals surface area contributed by atoms with Crippen LogP contribution in [0.4, 0.5) is 0 Å². The number of likely N-dealkylation sites (tertiary alicyclic amines) is 2. The fraction of sp³-hybridized carbons (Fsp3) is 0.409. The molecule has 2 aliphatic heterocycles. The monoisotopic (exact) mass is 754 g/mol. The van der Waals surface area contributed by atoms with E-state index in [2.05, 4.69) is 36.6 Å². The quantitative estimate of drug-likeness (QED) is 0.106. The first kappa shape index (κ1) is 37.2. The van der Waals surface area contributed by atoms with Gasteiger partial charge in [0.25, 0.3) is 0 Å². The van der Waals surface area contributed by atoms with Crippen molar-refractivity contribution >= 4 is 29.7 Å². The second-order valence-corrected chi connectivity index (χ2v) is 15.5. The fourth-order valence-electron chi connectivity index (χ4n) is 7.89. The van der Waals surface area contributed by atoms with E-state index in [1.165, 1.54) is 0 Å². The molecule has 2 saturated heterocycles. The number of amides is 4. The number of hydrogen-bond acceptors (Lipinski definition) is 6. The molecule has 2 aromatic carbocycles. The van der Waals surface area contributed by atoms with Gasteiger partial charge in [0.15, 0.2) is 0 Å². The predicted molar refractivity (Wildman–Crippen MR) is 211 cm³/mol. The van der Waals surface area contributed by atoms with E-state index in [4.69, 9.17) is 0 Å². The fourth-order valence-corrected chi connectivity index (χ4v) is 7.89. The predicted octanol–water partition coefficient (Wildman–Crippen LogP) is 6.20. The molecule has 2 saturated carbocycles. The minimum Gasteiger partial charge on any atom is -0.344 e. The lowest BCUT2D eigenvalue weighted by atomic mass is 10.0. The molecule has 0 radical (unpaired) electrons. The molecule has 12 nitrogen and oxygen atoms in total. The van der Waals surface area contributed by atoms with Crippen LogP contribution in [0.1, 0.15) is 116 Å². The molecule has 4 aliphatic rings. The van der Waals surface area contributed by atoms with Gasteiger partial charge >= 0.3 is 0 Å². The molecule has 2 aromatic heterocycles. The Kier molecular flexibility index (Phi) is 11.2. The van der Waals surface area contributed by atoms with Gasteiger partial charge in [0, 0.05) is 36.8 Å². The number of carbonyl (C=O) groups is 4. The van der Waals surface area contributed by atoms with E-state index < -0.39 is 12.1 Å². The first-order valence-corrected chi connectivity index (χ1v) is 20.2. The number of nitrogens with one attached hydrogen (secondary N) is 4. The van der Waals surface area contributed by atoms with Gasteiger partial charge in [0.05, 0.1) is 24.0 Å². The van der Waals surface area contributed by atoms with Crippen molar-refractivity contribution in [2.75, 3.05) is 13.1 Å². The van der Waals surface area contributed by atoms with E-state index >= 15 is 0 Å². The molecule has 0 bridgehead atoms. The summed E-state index contributed by atoms with van der Waals surface area (Å²) in [6, 6.07) is 17.2. The molecule has 12 heteroatoms. The van der Waals surface area contributed by atoms with E-state index in [0.717, 1.165) is 98.4 Å². The van der Waals surface area contributed by atoms with Gasteiger partial charge in [-0.3, -0.25) is 19.2 Å². The summed E-state index contributed by atoms with van der Waals surface area (Å²) in [5.74, 6) is 1.26. The number of benzene rings is 2. The van der Waals surface area contributed by atoms with Crippen LogP contribution in [0.5, 0.6) is 0 Å². The molecule has 0 unspecified atom stereocenters. The molecular weight excluding hydrogens is 705 g/mol.